The first-order chi connectivity index (χ1) is 10.2. The first kappa shape index (κ1) is 20.1. The Morgan fingerprint density at radius 3 is 2.05 bits per heavy atom. The molecule has 21 heavy (non-hydrogen) atoms. The van der Waals surface area contributed by atoms with Crippen LogP contribution in [0.4, 0.5) is 0 Å². The summed E-state index contributed by atoms with van der Waals surface area (Å²) < 4.78 is 0. The highest BCUT2D eigenvalue weighted by molar-refractivity contribution is 5.77. The van der Waals surface area contributed by atoms with Gasteiger partial charge >= 0.3 is 0 Å². The molecule has 4 nitrogen and oxygen atoms in total. The molecule has 0 atom stereocenters. The number of Topliss-reactive ketones (excluding diaryl/α,β-unsaturated/α-hetero) is 1. The Kier molecular flexibility index (Phi) is 14.8. The average molecular weight is 298 g/mol. The van der Waals surface area contributed by atoms with E-state index in [1.807, 2.05) is 6.92 Å². The second-order valence-electron chi connectivity index (χ2n) is 5.57. The number of amides is 1. The van der Waals surface area contributed by atoms with Gasteiger partial charge in [-0.05, 0) is 38.8 Å². The zero-order valence-corrected chi connectivity index (χ0v) is 14.0. The summed E-state index contributed by atoms with van der Waals surface area (Å²) in [5.74, 6) is 0.521. The van der Waals surface area contributed by atoms with Gasteiger partial charge in [0.1, 0.15) is 5.78 Å². The van der Waals surface area contributed by atoms with Crippen molar-refractivity contribution in [3.05, 3.63) is 0 Å². The topological polar surface area (TPSA) is 58.2 Å². The third-order valence-corrected chi connectivity index (χ3v) is 3.61. The number of rotatable bonds is 15. The molecule has 0 aromatic rings. The maximum absolute atomic E-state index is 11.6. The molecule has 0 heterocycles. The van der Waals surface area contributed by atoms with E-state index in [0.717, 1.165) is 51.7 Å². The van der Waals surface area contributed by atoms with E-state index in [1.54, 1.807) is 0 Å². The number of carbonyl (C=O) groups excluding carboxylic acids is 2. The Morgan fingerprint density at radius 2 is 1.38 bits per heavy atom. The maximum Gasteiger partial charge on any atom is 0.219 e. The molecule has 1 amide bonds. The molecule has 0 aliphatic rings. The van der Waals surface area contributed by atoms with Crippen molar-refractivity contribution in [1.82, 2.24) is 10.6 Å². The van der Waals surface area contributed by atoms with Crippen LogP contribution in [0.3, 0.4) is 0 Å². The smallest absolute Gasteiger partial charge is 0.219 e. The molecule has 0 fully saturated rings. The third kappa shape index (κ3) is 15.3. The molecule has 0 bridgehead atoms. The number of unbranched alkanes of at least 4 members (excludes halogenated alkanes) is 5. The number of carbonyl (C=O) groups is 2. The van der Waals surface area contributed by atoms with E-state index in [-0.39, 0.29) is 5.91 Å². The van der Waals surface area contributed by atoms with Crippen molar-refractivity contribution in [2.24, 2.45) is 0 Å². The van der Waals surface area contributed by atoms with Crippen LogP contribution in [0.25, 0.3) is 0 Å². The summed E-state index contributed by atoms with van der Waals surface area (Å²) in [6.45, 7) is 6.93. The summed E-state index contributed by atoms with van der Waals surface area (Å²) in [6, 6.07) is 0. The first-order valence-corrected chi connectivity index (χ1v) is 8.69. The number of nitrogens with one attached hydrogen (secondary N) is 2. The minimum atomic E-state index is 0.173. The van der Waals surface area contributed by atoms with Gasteiger partial charge in [0.15, 0.2) is 0 Å². The minimum absolute atomic E-state index is 0.173. The van der Waals surface area contributed by atoms with Gasteiger partial charge in [-0.25, -0.2) is 0 Å². The lowest BCUT2D eigenvalue weighted by molar-refractivity contribution is -0.121. The van der Waals surface area contributed by atoms with E-state index in [9.17, 15) is 9.59 Å². The Hall–Kier alpha value is -0.900. The van der Waals surface area contributed by atoms with Gasteiger partial charge in [0.25, 0.3) is 0 Å². The second-order valence-corrected chi connectivity index (χ2v) is 5.57. The molecule has 0 aliphatic heterocycles. The molecule has 0 saturated carbocycles. The van der Waals surface area contributed by atoms with Crippen molar-refractivity contribution >= 4 is 11.7 Å². The zero-order chi connectivity index (χ0) is 15.8. The fourth-order valence-corrected chi connectivity index (χ4v) is 2.18. The van der Waals surface area contributed by atoms with Crippen molar-refractivity contribution < 1.29 is 9.59 Å². The van der Waals surface area contributed by atoms with Crippen LogP contribution >= 0.6 is 0 Å². The summed E-state index contributed by atoms with van der Waals surface area (Å²) in [6.07, 6.45) is 9.41. The Labute approximate surface area is 130 Å². The van der Waals surface area contributed by atoms with Crippen molar-refractivity contribution in [2.45, 2.75) is 78.1 Å². The molecule has 0 rings (SSSR count). The third-order valence-electron chi connectivity index (χ3n) is 3.61. The van der Waals surface area contributed by atoms with Gasteiger partial charge in [0.2, 0.25) is 5.91 Å². The van der Waals surface area contributed by atoms with Crippen LogP contribution in [-0.4, -0.2) is 31.3 Å². The van der Waals surface area contributed by atoms with Crippen molar-refractivity contribution in [3.63, 3.8) is 0 Å². The van der Waals surface area contributed by atoms with E-state index in [2.05, 4.69) is 17.6 Å². The molecule has 4 heteroatoms. The van der Waals surface area contributed by atoms with Crippen LogP contribution in [0.15, 0.2) is 0 Å². The Bertz CT molecular complexity index is 268. The molecule has 0 aromatic heterocycles. The van der Waals surface area contributed by atoms with Gasteiger partial charge in [0, 0.05) is 25.8 Å². The lowest BCUT2D eigenvalue weighted by atomic mass is 10.1. The monoisotopic (exact) mass is 298 g/mol. The molecule has 0 aliphatic carbocycles. The van der Waals surface area contributed by atoms with Crippen molar-refractivity contribution in [1.29, 1.82) is 0 Å². The fraction of sp³-hybridized carbons (Fsp3) is 0.882. The quantitative estimate of drug-likeness (QED) is 0.456. The number of ketones is 1. The van der Waals surface area contributed by atoms with Crippen LogP contribution in [0.2, 0.25) is 0 Å². The van der Waals surface area contributed by atoms with E-state index in [1.165, 1.54) is 12.8 Å². The van der Waals surface area contributed by atoms with Gasteiger partial charge in [-0.15, -0.1) is 0 Å². The largest absolute Gasteiger partial charge is 0.356 e. The van der Waals surface area contributed by atoms with Crippen LogP contribution in [0.5, 0.6) is 0 Å². The molecule has 124 valence electrons. The van der Waals surface area contributed by atoms with Crippen LogP contribution < -0.4 is 10.6 Å². The summed E-state index contributed by atoms with van der Waals surface area (Å²) >= 11 is 0. The molecular weight excluding hydrogens is 264 g/mol. The fourth-order valence-electron chi connectivity index (χ4n) is 2.18. The molecule has 0 aromatic carbocycles. The molecule has 0 spiro atoms. The average Bonchev–Trinajstić information content (AvgIpc) is 2.49. The first-order valence-electron chi connectivity index (χ1n) is 8.69. The summed E-state index contributed by atoms with van der Waals surface area (Å²) in [5.41, 5.74) is 0. The van der Waals surface area contributed by atoms with E-state index < -0.39 is 0 Å². The summed E-state index contributed by atoms with van der Waals surface area (Å²) in [7, 11) is 0. The number of hydrogen-bond acceptors (Lipinski definition) is 3. The van der Waals surface area contributed by atoms with Crippen LogP contribution in [0, 0.1) is 0 Å². The highest BCUT2D eigenvalue weighted by Gasteiger charge is 2.01. The van der Waals surface area contributed by atoms with Gasteiger partial charge < -0.3 is 10.6 Å². The van der Waals surface area contributed by atoms with Gasteiger partial charge in [0.05, 0.1) is 0 Å². The molecule has 0 radical (unpaired) electrons. The highest BCUT2D eigenvalue weighted by atomic mass is 16.1. The molecular formula is C17H34N2O2. The second kappa shape index (κ2) is 15.5. The summed E-state index contributed by atoms with van der Waals surface area (Å²) in [4.78, 5) is 22.7. The maximum atomic E-state index is 11.6. The van der Waals surface area contributed by atoms with Gasteiger partial charge in [-0.2, -0.15) is 0 Å². The normalized spacial score (nSPS) is 10.6. The van der Waals surface area contributed by atoms with Crippen LogP contribution in [-0.2, 0) is 9.59 Å². The Balaban J connectivity index is 3.22. The SMILES string of the molecule is CCNCCCCCNC(=O)CCCCCCC(=O)CC. The van der Waals surface area contributed by atoms with E-state index in [4.69, 9.17) is 0 Å². The summed E-state index contributed by atoms with van der Waals surface area (Å²) in [5, 5.41) is 6.27. The lowest BCUT2D eigenvalue weighted by Crippen LogP contribution is -2.24. The van der Waals surface area contributed by atoms with Crippen molar-refractivity contribution in [3.8, 4) is 0 Å². The lowest BCUT2D eigenvalue weighted by Gasteiger charge is -2.05. The highest BCUT2D eigenvalue weighted by Crippen LogP contribution is 2.06. The molecule has 2 N–H and O–H groups in total. The van der Waals surface area contributed by atoms with Crippen molar-refractivity contribution in [2.75, 3.05) is 19.6 Å². The van der Waals surface area contributed by atoms with E-state index in [0.29, 0.717) is 25.0 Å². The predicted molar refractivity (Wildman–Crippen MR) is 88.4 cm³/mol. The molecule has 0 unspecified atom stereocenters. The van der Waals surface area contributed by atoms with Gasteiger partial charge in [-0.1, -0.05) is 33.1 Å². The van der Waals surface area contributed by atoms with Gasteiger partial charge in [-0.3, -0.25) is 9.59 Å². The standard InChI is InChI=1S/C17H34N2O2/c1-3-16(20)12-8-5-6-9-13-17(21)19-15-11-7-10-14-18-4-2/h18H,3-15H2,1-2H3,(H,19,21). The molecule has 0 saturated heterocycles. The van der Waals surface area contributed by atoms with Crippen LogP contribution in [0.1, 0.15) is 78.1 Å². The Morgan fingerprint density at radius 1 is 0.762 bits per heavy atom. The minimum Gasteiger partial charge on any atom is -0.356 e. The number of hydrogen-bond donors (Lipinski definition) is 2. The zero-order valence-electron chi connectivity index (χ0n) is 14.0. The predicted octanol–water partition coefficient (Wildman–Crippen LogP) is 3.20. The van der Waals surface area contributed by atoms with E-state index >= 15 is 0 Å².